The van der Waals surface area contributed by atoms with Crippen LogP contribution in [0.15, 0.2) is 18.2 Å². The second kappa shape index (κ2) is 8.25. The zero-order valence-electron chi connectivity index (χ0n) is 13.5. The Balaban J connectivity index is 1.78. The van der Waals surface area contributed by atoms with E-state index in [0.29, 0.717) is 6.04 Å². The van der Waals surface area contributed by atoms with E-state index in [2.05, 4.69) is 29.3 Å². The van der Waals surface area contributed by atoms with E-state index in [0.717, 1.165) is 18.0 Å². The molecule has 1 N–H and O–H groups in total. The summed E-state index contributed by atoms with van der Waals surface area (Å²) >= 11 is 0. The van der Waals surface area contributed by atoms with E-state index >= 15 is 0 Å². The predicted octanol–water partition coefficient (Wildman–Crippen LogP) is 2.84. The van der Waals surface area contributed by atoms with Gasteiger partial charge in [-0.3, -0.25) is 0 Å². The number of nitrogens with one attached hydrogen (secondary N) is 1. The first-order valence-corrected chi connectivity index (χ1v) is 7.92. The summed E-state index contributed by atoms with van der Waals surface area (Å²) in [7, 11) is 3.34. The van der Waals surface area contributed by atoms with Crippen molar-refractivity contribution in [1.82, 2.24) is 10.2 Å². The van der Waals surface area contributed by atoms with Gasteiger partial charge in [0.1, 0.15) is 0 Å². The largest absolute Gasteiger partial charge is 0.493 e. The van der Waals surface area contributed by atoms with Crippen molar-refractivity contribution in [2.45, 2.75) is 32.2 Å². The topological polar surface area (TPSA) is 33.7 Å². The van der Waals surface area contributed by atoms with Crippen LogP contribution in [0.25, 0.3) is 0 Å². The van der Waals surface area contributed by atoms with E-state index in [1.807, 2.05) is 6.07 Å². The second-order valence-electron chi connectivity index (χ2n) is 5.69. The van der Waals surface area contributed by atoms with Crippen molar-refractivity contribution in [2.24, 2.45) is 0 Å². The van der Waals surface area contributed by atoms with E-state index in [9.17, 15) is 0 Å². The molecular formula is C17H28N2O2. The quantitative estimate of drug-likeness (QED) is 0.747. The summed E-state index contributed by atoms with van der Waals surface area (Å²) in [6, 6.07) is 6.44. The summed E-state index contributed by atoms with van der Waals surface area (Å²) in [6.07, 6.45) is 3.95. The first-order chi connectivity index (χ1) is 10.2. The lowest BCUT2D eigenvalue weighted by Crippen LogP contribution is -2.26. The molecule has 21 heavy (non-hydrogen) atoms. The van der Waals surface area contributed by atoms with Gasteiger partial charge in [0.2, 0.25) is 0 Å². The number of hydrogen-bond donors (Lipinski definition) is 1. The van der Waals surface area contributed by atoms with Crippen LogP contribution in [0.2, 0.25) is 0 Å². The fourth-order valence-electron chi connectivity index (χ4n) is 2.87. The molecule has 1 heterocycles. The van der Waals surface area contributed by atoms with Gasteiger partial charge in [-0.1, -0.05) is 6.07 Å². The standard InChI is InChI=1S/C17H28N2O2/c1-14(18-9-6-12-19-10-4-5-11-19)15-7-8-16(20-2)17(13-15)21-3/h7-8,13-14,18H,4-6,9-12H2,1-3H3. The lowest BCUT2D eigenvalue weighted by molar-refractivity contribution is 0.328. The van der Waals surface area contributed by atoms with Gasteiger partial charge in [0.15, 0.2) is 11.5 Å². The van der Waals surface area contributed by atoms with Crippen molar-refractivity contribution in [3.8, 4) is 11.5 Å². The first kappa shape index (κ1) is 16.1. The minimum Gasteiger partial charge on any atom is -0.493 e. The summed E-state index contributed by atoms with van der Waals surface area (Å²) in [6.45, 7) is 7.02. The fourth-order valence-corrected chi connectivity index (χ4v) is 2.87. The molecule has 1 aliphatic heterocycles. The zero-order valence-corrected chi connectivity index (χ0v) is 13.5. The maximum Gasteiger partial charge on any atom is 0.161 e. The summed E-state index contributed by atoms with van der Waals surface area (Å²) < 4.78 is 10.6. The molecule has 0 bridgehead atoms. The maximum atomic E-state index is 5.36. The van der Waals surface area contributed by atoms with Crippen LogP contribution in [0.3, 0.4) is 0 Å². The number of ether oxygens (including phenoxy) is 2. The minimum atomic E-state index is 0.323. The van der Waals surface area contributed by atoms with E-state index in [1.165, 1.54) is 44.5 Å². The summed E-state index contributed by atoms with van der Waals surface area (Å²) in [5.74, 6) is 1.57. The average Bonchev–Trinajstić information content (AvgIpc) is 3.04. The summed E-state index contributed by atoms with van der Waals surface area (Å²) in [5.41, 5.74) is 1.23. The normalized spacial score (nSPS) is 16.9. The highest BCUT2D eigenvalue weighted by Crippen LogP contribution is 2.29. The molecule has 0 amide bonds. The lowest BCUT2D eigenvalue weighted by Gasteiger charge is -2.18. The van der Waals surface area contributed by atoms with Gasteiger partial charge in [-0.05, 0) is 70.1 Å². The Morgan fingerprint density at radius 3 is 2.52 bits per heavy atom. The third-order valence-electron chi connectivity index (χ3n) is 4.21. The third-order valence-corrected chi connectivity index (χ3v) is 4.21. The highest BCUT2D eigenvalue weighted by Gasteiger charge is 2.12. The van der Waals surface area contributed by atoms with E-state index in [-0.39, 0.29) is 0 Å². The van der Waals surface area contributed by atoms with Gasteiger partial charge in [-0.15, -0.1) is 0 Å². The molecule has 0 aliphatic carbocycles. The molecule has 1 atom stereocenters. The molecular weight excluding hydrogens is 264 g/mol. The van der Waals surface area contributed by atoms with Crippen LogP contribution in [-0.4, -0.2) is 45.3 Å². The third kappa shape index (κ3) is 4.61. The highest BCUT2D eigenvalue weighted by molar-refractivity contribution is 5.43. The number of methoxy groups -OCH3 is 2. The molecule has 1 unspecified atom stereocenters. The molecule has 1 fully saturated rings. The minimum absolute atomic E-state index is 0.323. The van der Waals surface area contributed by atoms with Gasteiger partial charge >= 0.3 is 0 Å². The number of likely N-dealkylation sites (tertiary alicyclic amines) is 1. The Kier molecular flexibility index (Phi) is 6.33. The zero-order chi connectivity index (χ0) is 15.1. The first-order valence-electron chi connectivity index (χ1n) is 7.92. The van der Waals surface area contributed by atoms with Crippen LogP contribution >= 0.6 is 0 Å². The molecule has 1 aromatic rings. The monoisotopic (exact) mass is 292 g/mol. The van der Waals surface area contributed by atoms with Crippen LogP contribution < -0.4 is 14.8 Å². The average molecular weight is 292 g/mol. The second-order valence-corrected chi connectivity index (χ2v) is 5.69. The van der Waals surface area contributed by atoms with E-state index < -0.39 is 0 Å². The van der Waals surface area contributed by atoms with Crippen LogP contribution in [0.4, 0.5) is 0 Å². The summed E-state index contributed by atoms with van der Waals surface area (Å²) in [4.78, 5) is 2.56. The molecule has 0 spiro atoms. The smallest absolute Gasteiger partial charge is 0.161 e. The van der Waals surface area contributed by atoms with Crippen molar-refractivity contribution in [1.29, 1.82) is 0 Å². The number of nitrogens with zero attached hydrogens (tertiary/aromatic N) is 1. The Hall–Kier alpha value is -1.26. The van der Waals surface area contributed by atoms with Crippen LogP contribution in [0, 0.1) is 0 Å². The molecule has 1 aliphatic rings. The van der Waals surface area contributed by atoms with Crippen molar-refractivity contribution in [3.63, 3.8) is 0 Å². The number of rotatable bonds is 8. The van der Waals surface area contributed by atoms with Crippen LogP contribution in [-0.2, 0) is 0 Å². The van der Waals surface area contributed by atoms with Gasteiger partial charge in [0, 0.05) is 6.04 Å². The number of hydrogen-bond acceptors (Lipinski definition) is 4. The number of benzene rings is 1. The van der Waals surface area contributed by atoms with E-state index in [1.54, 1.807) is 14.2 Å². The Labute approximate surface area is 128 Å². The highest BCUT2D eigenvalue weighted by atomic mass is 16.5. The van der Waals surface area contributed by atoms with Gasteiger partial charge < -0.3 is 19.7 Å². The Morgan fingerprint density at radius 1 is 1.14 bits per heavy atom. The molecule has 118 valence electrons. The molecule has 1 saturated heterocycles. The van der Waals surface area contributed by atoms with Crippen LogP contribution in [0.5, 0.6) is 11.5 Å². The van der Waals surface area contributed by atoms with Crippen molar-refractivity contribution in [3.05, 3.63) is 23.8 Å². The Morgan fingerprint density at radius 2 is 1.86 bits per heavy atom. The molecule has 4 heteroatoms. The predicted molar refractivity (Wildman–Crippen MR) is 86.3 cm³/mol. The van der Waals surface area contributed by atoms with Gasteiger partial charge in [-0.25, -0.2) is 0 Å². The maximum absolute atomic E-state index is 5.36. The molecule has 0 saturated carbocycles. The molecule has 0 aromatic heterocycles. The summed E-state index contributed by atoms with van der Waals surface area (Å²) in [5, 5.41) is 3.59. The van der Waals surface area contributed by atoms with E-state index in [4.69, 9.17) is 9.47 Å². The van der Waals surface area contributed by atoms with Gasteiger partial charge in [0.05, 0.1) is 14.2 Å². The Bertz CT molecular complexity index is 431. The van der Waals surface area contributed by atoms with Crippen molar-refractivity contribution in [2.75, 3.05) is 40.4 Å². The molecule has 2 rings (SSSR count). The molecule has 1 aromatic carbocycles. The van der Waals surface area contributed by atoms with Crippen molar-refractivity contribution >= 4 is 0 Å². The molecule has 0 radical (unpaired) electrons. The van der Waals surface area contributed by atoms with Gasteiger partial charge in [0.25, 0.3) is 0 Å². The molecule has 4 nitrogen and oxygen atoms in total. The fraction of sp³-hybridized carbons (Fsp3) is 0.647. The van der Waals surface area contributed by atoms with Gasteiger partial charge in [-0.2, -0.15) is 0 Å². The lowest BCUT2D eigenvalue weighted by atomic mass is 10.1. The van der Waals surface area contributed by atoms with Crippen molar-refractivity contribution < 1.29 is 9.47 Å². The van der Waals surface area contributed by atoms with Crippen LogP contribution in [0.1, 0.15) is 37.8 Å². The SMILES string of the molecule is COc1ccc(C(C)NCCCN2CCCC2)cc1OC.